The first kappa shape index (κ1) is 17.5. The molecular weight excluding hydrogens is 337 g/mol. The van der Waals surface area contributed by atoms with Crippen LogP contribution in [0.15, 0.2) is 60.8 Å². The number of nitrogens with one attached hydrogen (secondary N) is 1. The molecule has 1 unspecified atom stereocenters. The smallest absolute Gasteiger partial charge is 0.429 e. The van der Waals surface area contributed by atoms with Crippen LogP contribution in [-0.2, 0) is 11.2 Å². The third-order valence-corrected chi connectivity index (χ3v) is 4.95. The number of carbonyl (C=O) groups is 1. The van der Waals surface area contributed by atoms with Gasteiger partial charge in [0.2, 0.25) is 0 Å². The molecule has 0 amide bonds. The maximum Gasteiger partial charge on any atom is 0.438 e. The van der Waals surface area contributed by atoms with Crippen LogP contribution in [0.5, 0.6) is 0 Å². The molecule has 134 valence electrons. The number of hydrogen-bond acceptors (Lipinski definition) is 5. The summed E-state index contributed by atoms with van der Waals surface area (Å²) in [4.78, 5) is 17.0. The molecule has 4 N–H and O–H groups in total. The first-order chi connectivity index (χ1) is 13.1. The zero-order valence-corrected chi connectivity index (χ0v) is 14.8. The van der Waals surface area contributed by atoms with Gasteiger partial charge in [0, 0.05) is 36.4 Å². The van der Waals surface area contributed by atoms with Gasteiger partial charge in [-0.2, -0.15) is 0 Å². The highest BCUT2D eigenvalue weighted by atomic mass is 16.2. The largest absolute Gasteiger partial charge is 0.438 e. The zero-order chi connectivity index (χ0) is 18.8. The Morgan fingerprint density at radius 2 is 2.07 bits per heavy atom. The summed E-state index contributed by atoms with van der Waals surface area (Å²) >= 11 is 0. The van der Waals surface area contributed by atoms with Crippen LogP contribution >= 0.6 is 0 Å². The summed E-state index contributed by atoms with van der Waals surface area (Å²) in [6.07, 6.45) is 5.76. The lowest BCUT2D eigenvalue weighted by Gasteiger charge is -2.19. The second-order valence-corrected chi connectivity index (χ2v) is 6.78. The molecule has 0 bridgehead atoms. The van der Waals surface area contributed by atoms with E-state index in [1.807, 2.05) is 54.7 Å². The number of aromatic nitrogens is 1. The van der Waals surface area contributed by atoms with Gasteiger partial charge >= 0.3 is 7.05 Å². The quantitative estimate of drug-likeness (QED) is 0.611. The van der Waals surface area contributed by atoms with Crippen molar-refractivity contribution in [3.8, 4) is 0 Å². The van der Waals surface area contributed by atoms with Crippen LogP contribution in [0.2, 0.25) is 0 Å². The molecule has 1 aliphatic rings. The van der Waals surface area contributed by atoms with Gasteiger partial charge < -0.3 is 16.0 Å². The van der Waals surface area contributed by atoms with Gasteiger partial charge in [0.15, 0.2) is 0 Å². The predicted octanol–water partition coefficient (Wildman–Crippen LogP) is 2.55. The molecule has 5 nitrogen and oxygen atoms in total. The van der Waals surface area contributed by atoms with Crippen molar-refractivity contribution >= 4 is 35.4 Å². The van der Waals surface area contributed by atoms with Gasteiger partial charge in [0.25, 0.3) is 0 Å². The fourth-order valence-electron chi connectivity index (χ4n) is 3.49. The van der Waals surface area contributed by atoms with Crippen LogP contribution in [0.3, 0.4) is 0 Å². The number of Topliss-reactive ketones (excluding diaryl/α,β-unsaturated/α-hetero) is 1. The molecule has 0 fully saturated rings. The van der Waals surface area contributed by atoms with E-state index in [9.17, 15) is 9.82 Å². The molecule has 0 spiro atoms. The van der Waals surface area contributed by atoms with E-state index in [-0.39, 0.29) is 18.2 Å². The van der Waals surface area contributed by atoms with E-state index >= 15 is 0 Å². The average molecular weight is 357 g/mol. The molecular formula is C21H20BN3O2. The average Bonchev–Trinajstić information content (AvgIpc) is 2.68. The standard InChI is InChI=1S/C21H20BN3O2/c23-12-19(16-3-4-20-17(11-16)5-7-22(27)25-20)21(26)10-14-1-2-18-13-24-8-6-15(18)9-14/h1-9,11,13,19,25,27H,10,12,23H2. The number of hydrogen-bond donors (Lipinski definition) is 3. The second kappa shape index (κ2) is 7.35. The molecule has 3 aromatic rings. The Hall–Kier alpha value is -2.96. The van der Waals surface area contributed by atoms with Crippen LogP contribution in [0, 0.1) is 0 Å². The van der Waals surface area contributed by atoms with Gasteiger partial charge in [-0.3, -0.25) is 9.78 Å². The number of benzene rings is 2. The van der Waals surface area contributed by atoms with Crippen LogP contribution in [0.25, 0.3) is 16.8 Å². The number of nitrogens with two attached hydrogens (primary N) is 1. The Morgan fingerprint density at radius 1 is 1.19 bits per heavy atom. The number of fused-ring (bicyclic) bond motifs is 2. The lowest BCUT2D eigenvalue weighted by molar-refractivity contribution is -0.119. The molecule has 2 aromatic carbocycles. The van der Waals surface area contributed by atoms with Crippen LogP contribution in [-0.4, -0.2) is 29.4 Å². The summed E-state index contributed by atoms with van der Waals surface area (Å²) in [5.74, 6) is 1.41. The molecule has 2 heterocycles. The number of pyridine rings is 1. The van der Waals surface area contributed by atoms with Crippen LogP contribution < -0.4 is 11.0 Å². The van der Waals surface area contributed by atoms with Gasteiger partial charge in [-0.25, -0.2) is 0 Å². The summed E-state index contributed by atoms with van der Waals surface area (Å²) in [7, 11) is -0.682. The monoisotopic (exact) mass is 357 g/mol. The van der Waals surface area contributed by atoms with E-state index in [4.69, 9.17) is 5.73 Å². The van der Waals surface area contributed by atoms with Gasteiger partial charge in [0.1, 0.15) is 5.78 Å². The van der Waals surface area contributed by atoms with Crippen molar-refractivity contribution < 1.29 is 9.82 Å². The van der Waals surface area contributed by atoms with Gasteiger partial charge in [0.05, 0.1) is 5.92 Å². The Morgan fingerprint density at radius 3 is 2.93 bits per heavy atom. The fraction of sp³-hybridized carbons (Fsp3) is 0.143. The van der Waals surface area contributed by atoms with Crippen molar-refractivity contribution in [1.29, 1.82) is 0 Å². The first-order valence-electron chi connectivity index (χ1n) is 8.96. The molecule has 1 aliphatic heterocycles. The minimum absolute atomic E-state index is 0.0960. The Labute approximate surface area is 158 Å². The Kier molecular flexibility index (Phi) is 4.75. The van der Waals surface area contributed by atoms with E-state index in [1.54, 1.807) is 12.2 Å². The van der Waals surface area contributed by atoms with Crippen molar-refractivity contribution in [1.82, 2.24) is 4.98 Å². The van der Waals surface area contributed by atoms with E-state index in [0.29, 0.717) is 6.42 Å². The molecule has 6 heteroatoms. The zero-order valence-electron chi connectivity index (χ0n) is 14.8. The van der Waals surface area contributed by atoms with Crippen molar-refractivity contribution in [2.45, 2.75) is 12.3 Å². The minimum atomic E-state index is -0.682. The molecule has 1 atom stereocenters. The van der Waals surface area contributed by atoms with Gasteiger partial charge in [-0.05, 0) is 40.3 Å². The highest BCUT2D eigenvalue weighted by Crippen LogP contribution is 2.27. The van der Waals surface area contributed by atoms with Crippen LogP contribution in [0.1, 0.15) is 22.6 Å². The molecule has 4 rings (SSSR count). The van der Waals surface area contributed by atoms with E-state index in [0.717, 1.165) is 33.2 Å². The second-order valence-electron chi connectivity index (χ2n) is 6.78. The number of anilines is 1. The summed E-state index contributed by atoms with van der Waals surface area (Å²) in [6, 6.07) is 13.7. The van der Waals surface area contributed by atoms with Gasteiger partial charge in [-0.1, -0.05) is 36.3 Å². The Balaban J connectivity index is 1.57. The maximum atomic E-state index is 12.9. The van der Waals surface area contributed by atoms with Crippen molar-refractivity contribution in [3.05, 3.63) is 77.5 Å². The maximum absolute atomic E-state index is 12.9. The van der Waals surface area contributed by atoms with Crippen molar-refractivity contribution in [3.63, 3.8) is 0 Å². The SMILES string of the molecule is NCC(C(=O)Cc1ccc2cnccc2c1)c1ccc2c(c1)C=CB(O)N2. The predicted molar refractivity (Wildman–Crippen MR) is 109 cm³/mol. The molecule has 0 saturated carbocycles. The van der Waals surface area contributed by atoms with Crippen molar-refractivity contribution in [2.24, 2.45) is 5.73 Å². The lowest BCUT2D eigenvalue weighted by Crippen LogP contribution is -2.26. The number of ketones is 1. The molecule has 1 aromatic heterocycles. The fourth-order valence-corrected chi connectivity index (χ4v) is 3.49. The molecule has 27 heavy (non-hydrogen) atoms. The number of carbonyl (C=O) groups excluding carboxylic acids is 1. The lowest BCUT2D eigenvalue weighted by atomic mass is 9.78. The van der Waals surface area contributed by atoms with Gasteiger partial charge in [-0.15, -0.1) is 0 Å². The normalized spacial score (nSPS) is 13.9. The highest BCUT2D eigenvalue weighted by molar-refractivity contribution is 6.61. The highest BCUT2D eigenvalue weighted by Gasteiger charge is 2.22. The molecule has 0 radical (unpaired) electrons. The molecule has 0 saturated heterocycles. The third-order valence-electron chi connectivity index (χ3n) is 4.95. The number of rotatable bonds is 5. The van der Waals surface area contributed by atoms with Crippen molar-refractivity contribution in [2.75, 3.05) is 11.8 Å². The van der Waals surface area contributed by atoms with E-state index in [2.05, 4.69) is 10.2 Å². The molecule has 0 aliphatic carbocycles. The third kappa shape index (κ3) is 3.63. The summed E-state index contributed by atoms with van der Waals surface area (Å²) in [5, 5.41) is 14.7. The van der Waals surface area contributed by atoms with Crippen LogP contribution in [0.4, 0.5) is 5.69 Å². The summed E-state index contributed by atoms with van der Waals surface area (Å²) in [6.45, 7) is 0.259. The first-order valence-corrected chi connectivity index (χ1v) is 8.96. The van der Waals surface area contributed by atoms with E-state index in [1.165, 1.54) is 0 Å². The summed E-state index contributed by atoms with van der Waals surface area (Å²) in [5.41, 5.74) is 9.61. The summed E-state index contributed by atoms with van der Waals surface area (Å²) < 4.78 is 0. The Bertz CT molecular complexity index is 1030. The topological polar surface area (TPSA) is 88.2 Å². The minimum Gasteiger partial charge on any atom is -0.429 e. The number of nitrogens with zero attached hydrogens (tertiary/aromatic N) is 1. The van der Waals surface area contributed by atoms with E-state index < -0.39 is 7.05 Å².